The fourth-order valence-electron chi connectivity index (χ4n) is 1.90. The first kappa shape index (κ1) is 12.8. The van der Waals surface area contributed by atoms with Gasteiger partial charge >= 0.3 is 0 Å². The Kier molecular flexibility index (Phi) is 3.48. The van der Waals surface area contributed by atoms with Crippen LogP contribution >= 0.6 is 11.8 Å². The topological polar surface area (TPSA) is 51.2 Å². The molecule has 1 aromatic rings. The molecule has 0 saturated carbocycles. The maximum absolute atomic E-state index is 12.3. The molecule has 18 heavy (non-hydrogen) atoms. The molecule has 4 heteroatoms. The van der Waals surface area contributed by atoms with Gasteiger partial charge in [0.25, 0.3) is 0 Å². The zero-order valence-electron chi connectivity index (χ0n) is 10.1. The average Bonchev–Trinajstić information content (AvgIpc) is 2.36. The molecule has 0 radical (unpaired) electrons. The SMILES string of the molecule is CC(=O)SCC1=C(C)C(=O)c2ccccc2C1=O. The minimum atomic E-state index is -0.142. The third-order valence-electron chi connectivity index (χ3n) is 2.90. The van der Waals surface area contributed by atoms with E-state index in [-0.39, 0.29) is 22.4 Å². The van der Waals surface area contributed by atoms with Crippen LogP contribution in [0.1, 0.15) is 34.6 Å². The van der Waals surface area contributed by atoms with Gasteiger partial charge < -0.3 is 0 Å². The van der Waals surface area contributed by atoms with E-state index in [4.69, 9.17) is 0 Å². The monoisotopic (exact) mass is 260 g/mol. The maximum Gasteiger partial charge on any atom is 0.191 e. The summed E-state index contributed by atoms with van der Waals surface area (Å²) in [5, 5.41) is -0.0607. The summed E-state index contributed by atoms with van der Waals surface area (Å²) >= 11 is 1.05. The van der Waals surface area contributed by atoms with Crippen LogP contribution in [0.4, 0.5) is 0 Å². The first-order valence-electron chi connectivity index (χ1n) is 5.54. The summed E-state index contributed by atoms with van der Waals surface area (Å²) in [6.45, 7) is 3.09. The molecule has 0 aliphatic heterocycles. The second-order valence-electron chi connectivity index (χ2n) is 4.09. The van der Waals surface area contributed by atoms with Gasteiger partial charge in [-0.1, -0.05) is 36.0 Å². The summed E-state index contributed by atoms with van der Waals surface area (Å²) in [4.78, 5) is 35.3. The number of allylic oxidation sites excluding steroid dienone is 1. The van der Waals surface area contributed by atoms with Crippen LogP contribution in [0, 0.1) is 0 Å². The van der Waals surface area contributed by atoms with Gasteiger partial charge in [0.15, 0.2) is 16.7 Å². The third kappa shape index (κ3) is 2.16. The summed E-state index contributed by atoms with van der Waals surface area (Å²) in [6, 6.07) is 6.79. The lowest BCUT2D eigenvalue weighted by Gasteiger charge is -2.18. The van der Waals surface area contributed by atoms with Crippen LogP contribution in [0.2, 0.25) is 0 Å². The van der Waals surface area contributed by atoms with Crippen LogP contribution in [0.15, 0.2) is 35.4 Å². The fourth-order valence-corrected chi connectivity index (χ4v) is 2.59. The minimum absolute atomic E-state index is 0.0607. The van der Waals surface area contributed by atoms with E-state index in [2.05, 4.69) is 0 Å². The van der Waals surface area contributed by atoms with E-state index in [1.54, 1.807) is 31.2 Å². The van der Waals surface area contributed by atoms with Crippen LogP contribution in [0.3, 0.4) is 0 Å². The van der Waals surface area contributed by atoms with Crippen molar-refractivity contribution in [1.29, 1.82) is 0 Å². The van der Waals surface area contributed by atoms with Crippen molar-refractivity contribution >= 4 is 28.4 Å². The van der Waals surface area contributed by atoms with Crippen molar-refractivity contribution in [2.45, 2.75) is 13.8 Å². The molecule has 0 aromatic heterocycles. The average molecular weight is 260 g/mol. The Hall–Kier alpha value is -1.68. The van der Waals surface area contributed by atoms with Gasteiger partial charge in [-0.3, -0.25) is 14.4 Å². The number of carbonyl (C=O) groups excluding carboxylic acids is 3. The standard InChI is InChI=1S/C14H12O3S/c1-8-12(7-18-9(2)15)14(17)11-6-4-3-5-10(11)13(8)16/h3-6H,7H2,1-2H3. The first-order chi connectivity index (χ1) is 8.52. The fraction of sp³-hybridized carbons (Fsp3) is 0.214. The quantitative estimate of drug-likeness (QED) is 0.820. The highest BCUT2D eigenvalue weighted by Gasteiger charge is 2.29. The van der Waals surface area contributed by atoms with Gasteiger partial charge in [-0.15, -0.1) is 0 Å². The number of fused-ring (bicyclic) bond motifs is 1. The molecule has 3 nitrogen and oxygen atoms in total. The maximum atomic E-state index is 12.3. The van der Waals surface area contributed by atoms with E-state index in [0.717, 1.165) is 11.8 Å². The molecular formula is C14H12O3S. The molecular weight excluding hydrogens is 248 g/mol. The number of hydrogen-bond donors (Lipinski definition) is 0. The Labute approximate surface area is 109 Å². The Balaban J connectivity index is 2.43. The van der Waals surface area contributed by atoms with Gasteiger partial charge in [0.05, 0.1) is 0 Å². The predicted molar refractivity (Wildman–Crippen MR) is 70.9 cm³/mol. The Morgan fingerprint density at radius 3 is 2.22 bits per heavy atom. The zero-order chi connectivity index (χ0) is 13.3. The lowest BCUT2D eigenvalue weighted by Crippen LogP contribution is -2.22. The molecule has 0 bridgehead atoms. The second-order valence-corrected chi connectivity index (χ2v) is 5.24. The lowest BCUT2D eigenvalue weighted by atomic mass is 9.85. The Bertz CT molecular complexity index is 584. The van der Waals surface area contributed by atoms with Crippen LogP contribution in [-0.4, -0.2) is 22.4 Å². The smallest absolute Gasteiger partial charge is 0.191 e. The highest BCUT2D eigenvalue weighted by atomic mass is 32.2. The number of Topliss-reactive ketones (excluding diaryl/α,β-unsaturated/α-hetero) is 2. The Morgan fingerprint density at radius 1 is 1.11 bits per heavy atom. The van der Waals surface area contributed by atoms with Gasteiger partial charge in [-0.05, 0) is 6.92 Å². The van der Waals surface area contributed by atoms with Crippen molar-refractivity contribution in [2.24, 2.45) is 0 Å². The van der Waals surface area contributed by atoms with Crippen molar-refractivity contribution in [3.05, 3.63) is 46.5 Å². The molecule has 92 valence electrons. The molecule has 0 heterocycles. The molecule has 1 aliphatic carbocycles. The highest BCUT2D eigenvalue weighted by Crippen LogP contribution is 2.28. The number of thioether (sulfide) groups is 1. The van der Waals surface area contributed by atoms with E-state index in [1.807, 2.05) is 0 Å². The van der Waals surface area contributed by atoms with Gasteiger partial charge in [0.2, 0.25) is 0 Å². The molecule has 0 saturated heterocycles. The van der Waals surface area contributed by atoms with E-state index in [1.165, 1.54) is 6.92 Å². The minimum Gasteiger partial charge on any atom is -0.289 e. The molecule has 0 amide bonds. The molecule has 2 rings (SSSR count). The molecule has 1 aromatic carbocycles. The summed E-state index contributed by atoms with van der Waals surface area (Å²) < 4.78 is 0. The summed E-state index contributed by atoms with van der Waals surface area (Å²) in [5.41, 5.74) is 1.79. The van der Waals surface area contributed by atoms with Crippen molar-refractivity contribution in [2.75, 3.05) is 5.75 Å². The highest BCUT2D eigenvalue weighted by molar-refractivity contribution is 8.13. The van der Waals surface area contributed by atoms with E-state index in [9.17, 15) is 14.4 Å². The summed E-state index contributed by atoms with van der Waals surface area (Å²) in [5.74, 6) is 0.000816. The largest absolute Gasteiger partial charge is 0.289 e. The lowest BCUT2D eigenvalue weighted by molar-refractivity contribution is -0.109. The van der Waals surface area contributed by atoms with Crippen molar-refractivity contribution in [3.8, 4) is 0 Å². The van der Waals surface area contributed by atoms with E-state index < -0.39 is 0 Å². The summed E-state index contributed by atoms with van der Waals surface area (Å²) in [6.07, 6.45) is 0. The number of hydrogen-bond acceptors (Lipinski definition) is 4. The van der Waals surface area contributed by atoms with Crippen LogP contribution in [0.5, 0.6) is 0 Å². The van der Waals surface area contributed by atoms with Gasteiger partial charge in [0, 0.05) is 34.9 Å². The summed E-state index contributed by atoms with van der Waals surface area (Å²) in [7, 11) is 0. The zero-order valence-corrected chi connectivity index (χ0v) is 11.0. The van der Waals surface area contributed by atoms with E-state index >= 15 is 0 Å². The second kappa shape index (κ2) is 4.90. The van der Waals surface area contributed by atoms with Gasteiger partial charge in [-0.25, -0.2) is 0 Å². The number of rotatable bonds is 2. The number of benzene rings is 1. The number of carbonyl (C=O) groups is 3. The van der Waals surface area contributed by atoms with Crippen LogP contribution in [-0.2, 0) is 4.79 Å². The third-order valence-corrected chi connectivity index (χ3v) is 3.74. The van der Waals surface area contributed by atoms with Gasteiger partial charge in [-0.2, -0.15) is 0 Å². The first-order valence-corrected chi connectivity index (χ1v) is 6.52. The predicted octanol–water partition coefficient (Wildman–Crippen LogP) is 2.66. The molecule has 0 spiro atoms. The Morgan fingerprint density at radius 2 is 1.67 bits per heavy atom. The van der Waals surface area contributed by atoms with Crippen molar-refractivity contribution in [3.63, 3.8) is 0 Å². The van der Waals surface area contributed by atoms with E-state index in [0.29, 0.717) is 22.3 Å². The number of ketones is 2. The van der Waals surface area contributed by atoms with Crippen molar-refractivity contribution < 1.29 is 14.4 Å². The molecule has 0 unspecified atom stereocenters. The van der Waals surface area contributed by atoms with Crippen molar-refractivity contribution in [1.82, 2.24) is 0 Å². The molecule has 0 N–H and O–H groups in total. The van der Waals surface area contributed by atoms with Crippen LogP contribution in [0.25, 0.3) is 0 Å². The van der Waals surface area contributed by atoms with Gasteiger partial charge in [0.1, 0.15) is 0 Å². The molecule has 0 fully saturated rings. The normalized spacial score (nSPS) is 14.8. The molecule has 0 atom stereocenters. The molecule has 1 aliphatic rings. The van der Waals surface area contributed by atoms with Crippen LogP contribution < -0.4 is 0 Å².